The van der Waals surface area contributed by atoms with Crippen LogP contribution in [0.2, 0.25) is 5.02 Å². The maximum Gasteiger partial charge on any atom is 0.270 e. The van der Waals surface area contributed by atoms with Crippen LogP contribution in [-0.4, -0.2) is 18.7 Å². The van der Waals surface area contributed by atoms with E-state index in [9.17, 15) is 4.79 Å². The van der Waals surface area contributed by atoms with Crippen molar-refractivity contribution >= 4 is 44.8 Å². The molecule has 24 heavy (non-hydrogen) atoms. The Morgan fingerprint density at radius 1 is 1.21 bits per heavy atom. The highest BCUT2D eigenvalue weighted by atomic mass is 79.9. The summed E-state index contributed by atoms with van der Waals surface area (Å²) in [4.78, 5) is 12.4. The number of carbonyl (C=O) groups excluding carboxylic acids is 1. The van der Waals surface area contributed by atoms with Crippen molar-refractivity contribution in [2.75, 3.05) is 12.4 Å². The van der Waals surface area contributed by atoms with Gasteiger partial charge in [-0.05, 0) is 48.7 Å². The summed E-state index contributed by atoms with van der Waals surface area (Å²) in [6, 6.07) is 9.04. The molecule has 4 nitrogen and oxygen atoms in total. The lowest BCUT2D eigenvalue weighted by molar-refractivity contribution is -0.114. The van der Waals surface area contributed by atoms with Gasteiger partial charge in [-0.2, -0.15) is 0 Å². The lowest BCUT2D eigenvalue weighted by Crippen LogP contribution is -2.31. The SMILES string of the molecule is CNc1c(C(=N)C(=O)NCc2ccc(Cl)cc2)cc(Br)c(C)c1C. The normalized spacial score (nSPS) is 10.4. The zero-order valence-electron chi connectivity index (χ0n) is 13.8. The van der Waals surface area contributed by atoms with Gasteiger partial charge in [-0.25, -0.2) is 0 Å². The van der Waals surface area contributed by atoms with Crippen molar-refractivity contribution in [1.82, 2.24) is 5.32 Å². The number of anilines is 1. The van der Waals surface area contributed by atoms with Crippen LogP contribution in [0.3, 0.4) is 0 Å². The topological polar surface area (TPSA) is 65.0 Å². The molecule has 0 heterocycles. The fourth-order valence-corrected chi connectivity index (χ4v) is 3.04. The largest absolute Gasteiger partial charge is 0.387 e. The van der Waals surface area contributed by atoms with Gasteiger partial charge < -0.3 is 10.6 Å². The molecule has 2 aromatic carbocycles. The van der Waals surface area contributed by atoms with Crippen LogP contribution in [-0.2, 0) is 11.3 Å². The summed E-state index contributed by atoms with van der Waals surface area (Å²) in [7, 11) is 1.79. The van der Waals surface area contributed by atoms with Crippen molar-refractivity contribution in [2.24, 2.45) is 0 Å². The van der Waals surface area contributed by atoms with Crippen LogP contribution in [0.4, 0.5) is 5.69 Å². The first-order valence-electron chi connectivity index (χ1n) is 7.44. The number of halogens is 2. The third kappa shape index (κ3) is 3.97. The minimum atomic E-state index is -0.420. The smallest absolute Gasteiger partial charge is 0.270 e. The summed E-state index contributed by atoms with van der Waals surface area (Å²) in [6.45, 7) is 4.31. The minimum Gasteiger partial charge on any atom is -0.387 e. The average Bonchev–Trinajstić information content (AvgIpc) is 2.58. The Labute approximate surface area is 155 Å². The molecule has 1 amide bonds. The van der Waals surface area contributed by atoms with Crippen molar-refractivity contribution in [1.29, 1.82) is 5.41 Å². The Hall–Kier alpha value is -1.85. The van der Waals surface area contributed by atoms with E-state index >= 15 is 0 Å². The zero-order valence-corrected chi connectivity index (χ0v) is 16.1. The van der Waals surface area contributed by atoms with E-state index in [4.69, 9.17) is 17.0 Å². The van der Waals surface area contributed by atoms with Crippen LogP contribution < -0.4 is 10.6 Å². The van der Waals surface area contributed by atoms with Gasteiger partial charge in [0, 0.05) is 34.3 Å². The molecule has 0 spiro atoms. The maximum atomic E-state index is 12.4. The standard InChI is InChI=1S/C18H19BrClN3O/c1-10-11(2)17(22-3)14(8-15(10)19)16(21)18(24)23-9-12-4-6-13(20)7-5-12/h4-8,21-22H,9H2,1-3H3,(H,23,24). The molecule has 0 atom stereocenters. The molecule has 0 aliphatic rings. The van der Waals surface area contributed by atoms with Crippen LogP contribution >= 0.6 is 27.5 Å². The van der Waals surface area contributed by atoms with Crippen molar-refractivity contribution in [3.05, 3.63) is 62.1 Å². The molecule has 0 saturated carbocycles. The fraction of sp³-hybridized carbons (Fsp3) is 0.222. The van der Waals surface area contributed by atoms with Crippen LogP contribution in [0.15, 0.2) is 34.8 Å². The Morgan fingerprint density at radius 3 is 2.42 bits per heavy atom. The van der Waals surface area contributed by atoms with Gasteiger partial charge in [-0.15, -0.1) is 0 Å². The Balaban J connectivity index is 2.19. The molecule has 0 fully saturated rings. The fourth-order valence-electron chi connectivity index (χ4n) is 2.39. The van der Waals surface area contributed by atoms with Gasteiger partial charge in [0.05, 0.1) is 0 Å². The molecule has 2 rings (SSSR count). The molecule has 0 bridgehead atoms. The number of benzene rings is 2. The van der Waals surface area contributed by atoms with Gasteiger partial charge >= 0.3 is 0 Å². The third-order valence-electron chi connectivity index (χ3n) is 3.95. The van der Waals surface area contributed by atoms with Gasteiger partial charge in [0.2, 0.25) is 0 Å². The Morgan fingerprint density at radius 2 is 1.83 bits per heavy atom. The van der Waals surface area contributed by atoms with Crippen LogP contribution in [0.25, 0.3) is 0 Å². The van der Waals surface area contributed by atoms with Crippen LogP contribution in [0.5, 0.6) is 0 Å². The van der Waals surface area contributed by atoms with Crippen LogP contribution in [0.1, 0.15) is 22.3 Å². The Bertz CT molecular complexity index is 788. The molecule has 0 aliphatic carbocycles. The van der Waals surface area contributed by atoms with E-state index in [0.717, 1.165) is 26.9 Å². The second kappa shape index (κ2) is 7.81. The maximum absolute atomic E-state index is 12.4. The molecule has 6 heteroatoms. The van der Waals surface area contributed by atoms with E-state index < -0.39 is 5.91 Å². The summed E-state index contributed by atoms with van der Waals surface area (Å²) >= 11 is 9.34. The van der Waals surface area contributed by atoms with Crippen molar-refractivity contribution < 1.29 is 4.79 Å². The quantitative estimate of drug-likeness (QED) is 0.640. The second-order valence-corrected chi connectivity index (χ2v) is 6.76. The van der Waals surface area contributed by atoms with E-state index in [1.54, 1.807) is 25.2 Å². The molecule has 0 saturated heterocycles. The molecule has 3 N–H and O–H groups in total. The summed E-state index contributed by atoms with van der Waals surface area (Å²) in [5.74, 6) is -0.420. The molecule has 0 radical (unpaired) electrons. The highest BCUT2D eigenvalue weighted by molar-refractivity contribution is 9.10. The lowest BCUT2D eigenvalue weighted by Gasteiger charge is -2.16. The molecular formula is C18H19BrClN3O. The highest BCUT2D eigenvalue weighted by Gasteiger charge is 2.19. The first-order valence-corrected chi connectivity index (χ1v) is 8.61. The summed E-state index contributed by atoms with van der Waals surface area (Å²) in [5, 5.41) is 14.8. The van der Waals surface area contributed by atoms with E-state index in [2.05, 4.69) is 26.6 Å². The van der Waals surface area contributed by atoms with Gasteiger partial charge in [-0.1, -0.05) is 39.7 Å². The van der Waals surface area contributed by atoms with Crippen LogP contribution in [0, 0.1) is 19.3 Å². The van der Waals surface area contributed by atoms with E-state index in [0.29, 0.717) is 17.1 Å². The van der Waals surface area contributed by atoms with E-state index in [-0.39, 0.29) is 5.71 Å². The van der Waals surface area contributed by atoms with Gasteiger partial charge in [0.15, 0.2) is 0 Å². The first-order chi connectivity index (χ1) is 11.3. The summed E-state index contributed by atoms with van der Waals surface area (Å²) in [5.41, 5.74) is 4.31. The number of carbonyl (C=O) groups is 1. The zero-order chi connectivity index (χ0) is 17.9. The van der Waals surface area contributed by atoms with Gasteiger partial charge in [0.25, 0.3) is 5.91 Å². The van der Waals surface area contributed by atoms with Crippen molar-refractivity contribution in [3.8, 4) is 0 Å². The minimum absolute atomic E-state index is 0.0721. The number of rotatable bonds is 5. The molecule has 126 valence electrons. The molecular weight excluding hydrogens is 390 g/mol. The second-order valence-electron chi connectivity index (χ2n) is 5.47. The number of nitrogens with one attached hydrogen (secondary N) is 3. The molecule has 0 unspecified atom stereocenters. The number of amides is 1. The molecule has 2 aromatic rings. The first kappa shape index (κ1) is 18.5. The summed E-state index contributed by atoms with van der Waals surface area (Å²) < 4.78 is 0.879. The molecule has 0 aromatic heterocycles. The van der Waals surface area contributed by atoms with Crippen molar-refractivity contribution in [3.63, 3.8) is 0 Å². The molecule has 0 aliphatic heterocycles. The monoisotopic (exact) mass is 407 g/mol. The van der Waals surface area contributed by atoms with Gasteiger partial charge in [0.1, 0.15) is 5.71 Å². The summed E-state index contributed by atoms with van der Waals surface area (Å²) in [6.07, 6.45) is 0. The highest BCUT2D eigenvalue weighted by Crippen LogP contribution is 2.30. The predicted octanol–water partition coefficient (Wildman–Crippen LogP) is 4.45. The van der Waals surface area contributed by atoms with E-state index in [1.165, 1.54) is 0 Å². The van der Waals surface area contributed by atoms with Crippen molar-refractivity contribution in [2.45, 2.75) is 20.4 Å². The van der Waals surface area contributed by atoms with E-state index in [1.807, 2.05) is 26.0 Å². The lowest BCUT2D eigenvalue weighted by atomic mass is 9.99. The number of hydrogen-bond donors (Lipinski definition) is 3. The number of hydrogen-bond acceptors (Lipinski definition) is 3. The predicted molar refractivity (Wildman–Crippen MR) is 103 cm³/mol. The van der Waals surface area contributed by atoms with Gasteiger partial charge in [-0.3, -0.25) is 10.2 Å². The Kier molecular flexibility index (Phi) is 6.02. The third-order valence-corrected chi connectivity index (χ3v) is 5.02. The average molecular weight is 409 g/mol.